The third-order valence-corrected chi connectivity index (χ3v) is 11.7. The number of nitrogens with zero attached hydrogens (tertiary/aromatic N) is 3. The molecule has 6 atom stereocenters. The molecule has 6 N–H and O–H groups in total. The summed E-state index contributed by atoms with van der Waals surface area (Å²) in [7, 11) is 0. The van der Waals surface area contributed by atoms with Gasteiger partial charge in [0.05, 0.1) is 0 Å². The van der Waals surface area contributed by atoms with Crippen LogP contribution in [-0.4, -0.2) is 122 Å². The Hall–Kier alpha value is -8.70. The number of benzene rings is 3. The molecule has 4 aromatic rings. The van der Waals surface area contributed by atoms with E-state index in [9.17, 15) is 43.2 Å². The average Bonchev–Trinajstić information content (AvgIpc) is 3.03. The maximum absolute atomic E-state index is 14.2. The van der Waals surface area contributed by atoms with E-state index >= 15 is 0 Å². The van der Waals surface area contributed by atoms with Crippen molar-refractivity contribution in [3.8, 4) is 18.0 Å². The lowest BCUT2D eigenvalue weighted by Crippen LogP contribution is -2.55. The molecule has 84 heavy (non-hydrogen) atoms. The van der Waals surface area contributed by atoms with Gasteiger partial charge >= 0.3 is 54.2 Å². The van der Waals surface area contributed by atoms with Gasteiger partial charge in [0.2, 0.25) is 17.7 Å². The molecule has 24 heteroatoms. The first-order valence-corrected chi connectivity index (χ1v) is 27.6. The van der Waals surface area contributed by atoms with Crippen LogP contribution in [-0.2, 0) is 62.2 Å². The second-order valence-corrected chi connectivity index (χ2v) is 23.8. The zero-order valence-electron chi connectivity index (χ0n) is 50.4. The lowest BCUT2D eigenvalue weighted by atomic mass is 10.0. The maximum Gasteiger partial charge on any atom is 0.408 e. The molecule has 0 aliphatic heterocycles. The molecule has 0 aliphatic rings. The zero-order valence-corrected chi connectivity index (χ0v) is 50.4. The monoisotopic (exact) mass is 1170 g/mol. The molecule has 0 saturated carbocycles. The number of amides is 6. The molecule has 6 amide bonds. The summed E-state index contributed by atoms with van der Waals surface area (Å²) >= 11 is 0. The van der Waals surface area contributed by atoms with Crippen LogP contribution in [0.3, 0.4) is 0 Å². The highest BCUT2D eigenvalue weighted by molar-refractivity contribution is 5.92. The van der Waals surface area contributed by atoms with Gasteiger partial charge in [-0.15, -0.1) is 15.0 Å². The van der Waals surface area contributed by atoms with Crippen LogP contribution in [0.1, 0.15) is 121 Å². The number of aromatic nitrogens is 3. The molecule has 1 aromatic heterocycles. The molecule has 0 radical (unpaired) electrons. The molecule has 0 aliphatic carbocycles. The standard InChI is InChI=1S/C60H81N9O15/c1-34(2)43(64-46(70)40(31-37-25-19-16-20-26-37)61-55(76)82-58(7,8)9)49(73)79-52-67-53(80-50(74)44(35(3)4)65-47(71)41(32-38-27-21-17-22-28-38)62-56(77)83-59(10,11)12)69-54(68-52)81-51(75)45(36(5)6)66-48(72)42(33-39-29-23-18-24-30-39)63-57(78)84-60(13,14)15/h16-30,34-36,40-45H,31-33H2,1-15H3,(H,61,76)(H,62,77)(H,63,78)(H,64,70)(H,65,71)(H,66,72)/t40-,41-,42-,43-,44-,45-/m0/s1. The Kier molecular flexibility index (Phi) is 24.7. The molecular weight excluding hydrogens is 1090 g/mol. The molecule has 24 nitrogen and oxygen atoms in total. The lowest BCUT2D eigenvalue weighted by molar-refractivity contribution is -0.142. The van der Waals surface area contributed by atoms with Crippen LogP contribution in [0.2, 0.25) is 0 Å². The summed E-state index contributed by atoms with van der Waals surface area (Å²) in [6.07, 6.45) is -2.74. The maximum atomic E-state index is 14.2. The SMILES string of the molecule is CC(C)[C@H](NC(=O)[C@H](Cc1ccccc1)NC(=O)OC(C)(C)C)C(=O)Oc1nc(OC(=O)[C@@H](NC(=O)[C@H](Cc2ccccc2)NC(=O)OC(C)(C)C)C(C)C)nc(OC(=O)[C@@H](NC(=O)[C@H](Cc2ccccc2)NC(=O)OC(C)(C)C)C(C)C)n1. The molecule has 1 heterocycles. The number of hydrogen-bond acceptors (Lipinski definition) is 18. The first-order valence-electron chi connectivity index (χ1n) is 27.6. The van der Waals surface area contributed by atoms with Crippen molar-refractivity contribution in [2.24, 2.45) is 17.8 Å². The third kappa shape index (κ3) is 24.0. The average molecular weight is 1170 g/mol. The molecule has 0 bridgehead atoms. The minimum absolute atomic E-state index is 0.0137. The van der Waals surface area contributed by atoms with Gasteiger partial charge in [-0.25, -0.2) is 28.8 Å². The van der Waals surface area contributed by atoms with E-state index in [4.69, 9.17) is 28.4 Å². The van der Waals surface area contributed by atoms with Crippen LogP contribution < -0.4 is 46.1 Å². The number of hydrogen-bond donors (Lipinski definition) is 6. The van der Waals surface area contributed by atoms with Crippen molar-refractivity contribution in [2.45, 2.75) is 176 Å². The number of esters is 3. The first kappa shape index (κ1) is 67.8. The Bertz CT molecular complexity index is 2570. The van der Waals surface area contributed by atoms with Gasteiger partial charge in [0.25, 0.3) is 0 Å². The predicted octanol–water partition coefficient (Wildman–Crippen LogP) is 6.42. The quantitative estimate of drug-likeness (QED) is 0.0326. The molecule has 3 aromatic carbocycles. The van der Waals surface area contributed by atoms with E-state index in [2.05, 4.69) is 46.9 Å². The molecule has 0 saturated heterocycles. The van der Waals surface area contributed by atoms with Crippen LogP contribution in [0.15, 0.2) is 91.0 Å². The normalized spacial score (nSPS) is 13.8. The van der Waals surface area contributed by atoms with Gasteiger partial charge in [-0.3, -0.25) is 14.4 Å². The van der Waals surface area contributed by atoms with Gasteiger partial charge in [-0.1, -0.05) is 133 Å². The fourth-order valence-corrected chi connectivity index (χ4v) is 7.70. The van der Waals surface area contributed by atoms with Crippen molar-refractivity contribution in [2.75, 3.05) is 0 Å². The topological polar surface area (TPSA) is 320 Å². The molecule has 4 rings (SSSR count). The van der Waals surface area contributed by atoms with Gasteiger partial charge in [0.15, 0.2) is 0 Å². The molecule has 0 fully saturated rings. The number of ether oxygens (including phenoxy) is 6. The summed E-state index contributed by atoms with van der Waals surface area (Å²) in [5.74, 6) is -8.01. The summed E-state index contributed by atoms with van der Waals surface area (Å²) in [5, 5.41) is 15.6. The van der Waals surface area contributed by atoms with E-state index in [0.29, 0.717) is 16.7 Å². The number of rotatable bonds is 24. The predicted molar refractivity (Wildman–Crippen MR) is 307 cm³/mol. The van der Waals surface area contributed by atoms with E-state index in [1.807, 2.05) is 0 Å². The van der Waals surface area contributed by atoms with E-state index in [-0.39, 0.29) is 19.3 Å². The molecule has 0 spiro atoms. The summed E-state index contributed by atoms with van der Waals surface area (Å²) in [5.41, 5.74) is -0.756. The fraction of sp³-hybridized carbons (Fsp3) is 0.500. The summed E-state index contributed by atoms with van der Waals surface area (Å²) in [4.78, 5) is 136. The van der Waals surface area contributed by atoms with Crippen LogP contribution in [0, 0.1) is 17.8 Å². The van der Waals surface area contributed by atoms with E-state index in [1.165, 1.54) is 0 Å². The summed E-state index contributed by atoms with van der Waals surface area (Å²) in [6, 6.07) is 15.4. The van der Waals surface area contributed by atoms with Gasteiger partial charge in [-0.05, 0) is 96.8 Å². The number of alkyl carbamates (subject to hydrolysis) is 3. The molecule has 456 valence electrons. The van der Waals surface area contributed by atoms with Crippen molar-refractivity contribution >= 4 is 53.9 Å². The number of nitrogens with one attached hydrogen (secondary N) is 6. The highest BCUT2D eigenvalue weighted by Crippen LogP contribution is 2.21. The van der Waals surface area contributed by atoms with E-state index in [0.717, 1.165) is 0 Å². The highest BCUT2D eigenvalue weighted by atomic mass is 16.6. The Morgan fingerprint density at radius 3 is 0.762 bits per heavy atom. The third-order valence-electron chi connectivity index (χ3n) is 11.7. The van der Waals surface area contributed by atoms with Gasteiger partial charge < -0.3 is 60.3 Å². The van der Waals surface area contributed by atoms with Crippen molar-refractivity contribution in [1.82, 2.24) is 46.9 Å². The van der Waals surface area contributed by atoms with Crippen LogP contribution >= 0.6 is 0 Å². The Morgan fingerprint density at radius 2 is 0.571 bits per heavy atom. The van der Waals surface area contributed by atoms with Crippen molar-refractivity contribution in [3.05, 3.63) is 108 Å². The second kappa shape index (κ2) is 30.6. The zero-order chi connectivity index (χ0) is 62.7. The largest absolute Gasteiger partial charge is 0.444 e. The van der Waals surface area contributed by atoms with Crippen molar-refractivity contribution in [1.29, 1.82) is 0 Å². The minimum Gasteiger partial charge on any atom is -0.444 e. The summed E-state index contributed by atoms with van der Waals surface area (Å²) in [6.45, 7) is 24.4. The van der Waals surface area contributed by atoms with Gasteiger partial charge in [-0.2, -0.15) is 0 Å². The van der Waals surface area contributed by atoms with Crippen LogP contribution in [0.5, 0.6) is 18.0 Å². The first-order chi connectivity index (χ1) is 39.1. The second-order valence-electron chi connectivity index (χ2n) is 23.8. The minimum atomic E-state index is -1.47. The molecular formula is C60H81N9O15. The van der Waals surface area contributed by atoms with Crippen LogP contribution in [0.25, 0.3) is 0 Å². The Labute approximate surface area is 490 Å². The fourth-order valence-electron chi connectivity index (χ4n) is 7.70. The summed E-state index contributed by atoms with van der Waals surface area (Å²) < 4.78 is 33.2. The number of carbonyl (C=O) groups is 9. The molecule has 0 unspecified atom stereocenters. The lowest BCUT2D eigenvalue weighted by Gasteiger charge is -2.26. The smallest absolute Gasteiger partial charge is 0.408 e. The van der Waals surface area contributed by atoms with Gasteiger partial charge in [0.1, 0.15) is 53.1 Å². The highest BCUT2D eigenvalue weighted by Gasteiger charge is 2.37. The van der Waals surface area contributed by atoms with Crippen molar-refractivity contribution < 1.29 is 71.6 Å². The van der Waals surface area contributed by atoms with Gasteiger partial charge in [0, 0.05) is 19.3 Å². The van der Waals surface area contributed by atoms with E-state index < -0.39 is 143 Å². The van der Waals surface area contributed by atoms with E-state index in [1.54, 1.807) is 195 Å². The van der Waals surface area contributed by atoms with Crippen molar-refractivity contribution in [3.63, 3.8) is 0 Å². The Morgan fingerprint density at radius 1 is 0.357 bits per heavy atom. The number of carbonyl (C=O) groups excluding carboxylic acids is 9. The Balaban J connectivity index is 1.73. The van der Waals surface area contributed by atoms with Crippen LogP contribution in [0.4, 0.5) is 14.4 Å².